The average molecular weight is 191 g/mol. The summed E-state index contributed by atoms with van der Waals surface area (Å²) in [5, 5.41) is 0. The van der Waals surface area contributed by atoms with Gasteiger partial charge in [-0.05, 0) is 24.6 Å². The summed E-state index contributed by atoms with van der Waals surface area (Å²) in [6.45, 7) is 1.78. The lowest BCUT2D eigenvalue weighted by Crippen LogP contribution is -2.12. The van der Waals surface area contributed by atoms with Gasteiger partial charge in [0.05, 0.1) is 0 Å². The Bertz CT molecular complexity index is 370. The van der Waals surface area contributed by atoms with E-state index in [1.807, 2.05) is 19.0 Å². The molecule has 0 saturated carbocycles. The molecule has 0 fully saturated rings. The van der Waals surface area contributed by atoms with Crippen LogP contribution in [-0.2, 0) is 0 Å². The Balaban J connectivity index is 3.43. The van der Waals surface area contributed by atoms with Crippen LogP contribution < -0.4 is 4.90 Å². The normalized spacial score (nSPS) is 9.64. The van der Waals surface area contributed by atoms with Gasteiger partial charge in [-0.1, -0.05) is 0 Å². The molecule has 0 saturated heterocycles. The Hall–Kier alpha value is -1.64. The molecule has 1 aromatic carbocycles. The van der Waals surface area contributed by atoms with Crippen molar-refractivity contribution in [2.45, 2.75) is 6.92 Å². The molecule has 3 nitrogen and oxygen atoms in total. The van der Waals surface area contributed by atoms with Gasteiger partial charge in [0, 0.05) is 30.9 Å². The monoisotopic (exact) mass is 191 g/mol. The summed E-state index contributed by atoms with van der Waals surface area (Å²) in [4.78, 5) is 23.4. The number of carbonyl (C=O) groups is 2. The first kappa shape index (κ1) is 10.4. The molecule has 0 spiro atoms. The molecule has 0 radical (unpaired) electrons. The molecule has 0 bridgehead atoms. The minimum atomic E-state index is 0.567. The lowest BCUT2D eigenvalue weighted by molar-refractivity contribution is 0.112. The maximum Gasteiger partial charge on any atom is 0.152 e. The Morgan fingerprint density at radius 3 is 2.21 bits per heavy atom. The van der Waals surface area contributed by atoms with E-state index in [0.29, 0.717) is 11.1 Å². The highest BCUT2D eigenvalue weighted by Crippen LogP contribution is 2.22. The molecule has 0 atom stereocenters. The van der Waals surface area contributed by atoms with Crippen LogP contribution in [0.15, 0.2) is 12.1 Å². The van der Waals surface area contributed by atoms with E-state index >= 15 is 0 Å². The highest BCUT2D eigenvalue weighted by molar-refractivity contribution is 5.91. The van der Waals surface area contributed by atoms with Gasteiger partial charge >= 0.3 is 0 Å². The molecule has 0 amide bonds. The van der Waals surface area contributed by atoms with Crippen molar-refractivity contribution in [3.05, 3.63) is 28.8 Å². The van der Waals surface area contributed by atoms with Gasteiger partial charge in [-0.2, -0.15) is 0 Å². The molecule has 0 heterocycles. The Kier molecular flexibility index (Phi) is 3.02. The molecule has 0 aliphatic rings. The quantitative estimate of drug-likeness (QED) is 0.682. The summed E-state index contributed by atoms with van der Waals surface area (Å²) in [6.07, 6.45) is 1.56. The van der Waals surface area contributed by atoms with Crippen molar-refractivity contribution in [3.63, 3.8) is 0 Å². The van der Waals surface area contributed by atoms with Gasteiger partial charge in [0.1, 0.15) is 6.29 Å². The van der Waals surface area contributed by atoms with E-state index in [1.54, 1.807) is 19.1 Å². The second kappa shape index (κ2) is 4.05. The topological polar surface area (TPSA) is 37.4 Å². The van der Waals surface area contributed by atoms with Crippen LogP contribution in [0.25, 0.3) is 0 Å². The molecule has 0 aliphatic carbocycles. The van der Waals surface area contributed by atoms with E-state index in [0.717, 1.165) is 23.8 Å². The van der Waals surface area contributed by atoms with E-state index in [1.165, 1.54) is 0 Å². The highest BCUT2D eigenvalue weighted by atomic mass is 16.1. The minimum absolute atomic E-state index is 0.567. The summed E-state index contributed by atoms with van der Waals surface area (Å²) in [6, 6.07) is 3.51. The Morgan fingerprint density at radius 1 is 1.14 bits per heavy atom. The van der Waals surface area contributed by atoms with Crippen LogP contribution in [0.1, 0.15) is 26.3 Å². The van der Waals surface area contributed by atoms with Crippen LogP contribution in [0.4, 0.5) is 5.69 Å². The molecular formula is C11H13NO2. The van der Waals surface area contributed by atoms with Crippen molar-refractivity contribution in [1.82, 2.24) is 0 Å². The first-order chi connectivity index (χ1) is 6.61. The number of anilines is 1. The summed E-state index contributed by atoms with van der Waals surface area (Å²) in [5.41, 5.74) is 2.72. The van der Waals surface area contributed by atoms with E-state index in [9.17, 15) is 9.59 Å². The molecule has 74 valence electrons. The lowest BCUT2D eigenvalue weighted by Gasteiger charge is -2.16. The fourth-order valence-electron chi connectivity index (χ4n) is 1.40. The van der Waals surface area contributed by atoms with E-state index in [4.69, 9.17) is 0 Å². The summed E-state index contributed by atoms with van der Waals surface area (Å²) >= 11 is 0. The third-order valence-electron chi connectivity index (χ3n) is 2.26. The summed E-state index contributed by atoms with van der Waals surface area (Å²) in [7, 11) is 3.73. The molecule has 1 aromatic rings. The SMILES string of the molecule is Cc1c(C=O)ccc(N(C)C)c1C=O. The van der Waals surface area contributed by atoms with Gasteiger partial charge in [-0.3, -0.25) is 9.59 Å². The average Bonchev–Trinajstić information content (AvgIpc) is 2.17. The molecule has 0 N–H and O–H groups in total. The zero-order valence-corrected chi connectivity index (χ0v) is 8.57. The molecule has 3 heteroatoms. The number of aldehydes is 2. The third kappa shape index (κ3) is 1.66. The Morgan fingerprint density at radius 2 is 1.79 bits per heavy atom. The number of nitrogens with zero attached hydrogens (tertiary/aromatic N) is 1. The fraction of sp³-hybridized carbons (Fsp3) is 0.273. The smallest absolute Gasteiger partial charge is 0.152 e. The number of hydrogen-bond acceptors (Lipinski definition) is 3. The highest BCUT2D eigenvalue weighted by Gasteiger charge is 2.09. The first-order valence-corrected chi connectivity index (χ1v) is 4.33. The third-order valence-corrected chi connectivity index (χ3v) is 2.26. The van der Waals surface area contributed by atoms with E-state index in [-0.39, 0.29) is 0 Å². The number of carbonyl (C=O) groups excluding carboxylic acids is 2. The number of hydrogen-bond donors (Lipinski definition) is 0. The predicted molar refractivity (Wildman–Crippen MR) is 56.3 cm³/mol. The number of rotatable bonds is 3. The molecule has 14 heavy (non-hydrogen) atoms. The predicted octanol–water partition coefficient (Wildman–Crippen LogP) is 1.69. The van der Waals surface area contributed by atoms with Gasteiger partial charge < -0.3 is 4.90 Å². The van der Waals surface area contributed by atoms with Crippen molar-refractivity contribution in [2.75, 3.05) is 19.0 Å². The second-order valence-corrected chi connectivity index (χ2v) is 3.34. The molecule has 0 aliphatic heterocycles. The summed E-state index contributed by atoms with van der Waals surface area (Å²) < 4.78 is 0. The fourth-order valence-corrected chi connectivity index (χ4v) is 1.40. The van der Waals surface area contributed by atoms with Gasteiger partial charge in [0.25, 0.3) is 0 Å². The lowest BCUT2D eigenvalue weighted by atomic mass is 10.0. The van der Waals surface area contributed by atoms with E-state index < -0.39 is 0 Å². The van der Waals surface area contributed by atoms with Gasteiger partial charge in [-0.15, -0.1) is 0 Å². The van der Waals surface area contributed by atoms with Crippen LogP contribution in [0.5, 0.6) is 0 Å². The van der Waals surface area contributed by atoms with Crippen LogP contribution in [0.2, 0.25) is 0 Å². The maximum absolute atomic E-state index is 10.9. The maximum atomic E-state index is 10.9. The molecule has 1 rings (SSSR count). The first-order valence-electron chi connectivity index (χ1n) is 4.33. The zero-order chi connectivity index (χ0) is 10.7. The summed E-state index contributed by atoms with van der Waals surface area (Å²) in [5.74, 6) is 0. The minimum Gasteiger partial charge on any atom is -0.377 e. The number of benzene rings is 1. The van der Waals surface area contributed by atoms with Crippen LogP contribution in [0, 0.1) is 6.92 Å². The van der Waals surface area contributed by atoms with Crippen molar-refractivity contribution < 1.29 is 9.59 Å². The van der Waals surface area contributed by atoms with Crippen molar-refractivity contribution in [3.8, 4) is 0 Å². The molecule has 0 aromatic heterocycles. The van der Waals surface area contributed by atoms with Gasteiger partial charge in [-0.25, -0.2) is 0 Å². The standard InChI is InChI=1S/C11H13NO2/c1-8-9(6-13)4-5-11(12(2)3)10(8)7-14/h4-7H,1-3H3. The van der Waals surface area contributed by atoms with Gasteiger partial charge in [0.2, 0.25) is 0 Å². The van der Waals surface area contributed by atoms with Crippen molar-refractivity contribution in [1.29, 1.82) is 0 Å². The largest absolute Gasteiger partial charge is 0.377 e. The molecular weight excluding hydrogens is 178 g/mol. The van der Waals surface area contributed by atoms with Crippen LogP contribution >= 0.6 is 0 Å². The van der Waals surface area contributed by atoms with E-state index in [2.05, 4.69) is 0 Å². The van der Waals surface area contributed by atoms with Crippen molar-refractivity contribution in [2.24, 2.45) is 0 Å². The zero-order valence-electron chi connectivity index (χ0n) is 8.57. The molecule has 0 unspecified atom stereocenters. The second-order valence-electron chi connectivity index (χ2n) is 3.34. The Labute approximate surface area is 83.3 Å². The van der Waals surface area contributed by atoms with Crippen LogP contribution in [0.3, 0.4) is 0 Å². The van der Waals surface area contributed by atoms with Crippen LogP contribution in [-0.4, -0.2) is 26.7 Å². The van der Waals surface area contributed by atoms with Gasteiger partial charge in [0.15, 0.2) is 6.29 Å². The van der Waals surface area contributed by atoms with Crippen molar-refractivity contribution >= 4 is 18.3 Å².